The van der Waals surface area contributed by atoms with Crippen molar-refractivity contribution in [1.82, 2.24) is 0 Å². The number of likely N-dealkylation sites (tertiary alicyclic amines) is 1. The summed E-state index contributed by atoms with van der Waals surface area (Å²) in [5, 5.41) is -0.0000355. The van der Waals surface area contributed by atoms with Crippen LogP contribution in [-0.4, -0.2) is 29.9 Å². The summed E-state index contributed by atoms with van der Waals surface area (Å²) in [5.41, 5.74) is 1.38. The number of carbonyl (C=O) groups is 1. The summed E-state index contributed by atoms with van der Waals surface area (Å²) in [6.07, 6.45) is 2.33. The van der Waals surface area contributed by atoms with Crippen molar-refractivity contribution in [3.63, 3.8) is 0 Å². The topological polar surface area (TPSA) is 17.1 Å². The van der Waals surface area contributed by atoms with E-state index in [1.165, 1.54) is 12.0 Å². The molecule has 1 aromatic rings. The number of benzene rings is 1. The molecule has 3 unspecified atom stereocenters. The Bertz CT molecular complexity index is 420. The minimum atomic E-state index is -0.0000355. The molecule has 1 aliphatic rings. The number of hydrogen-bond acceptors (Lipinski definition) is 1. The smallest absolute Gasteiger partial charge is 0.253 e. The maximum Gasteiger partial charge on any atom is 0.371 e. The van der Waals surface area contributed by atoms with Crippen LogP contribution in [0.2, 0.25) is 0 Å². The SMILES string of the molecule is CC(c1ccccc1)C1CCC[N+](C)(C(=O)S)C1. The molecule has 1 heterocycles. The molecule has 0 saturated carbocycles. The van der Waals surface area contributed by atoms with E-state index < -0.39 is 0 Å². The van der Waals surface area contributed by atoms with Crippen LogP contribution in [0.5, 0.6) is 0 Å². The predicted octanol–water partition coefficient (Wildman–Crippen LogP) is 3.70. The maximum absolute atomic E-state index is 11.7. The Morgan fingerprint density at radius 3 is 2.67 bits per heavy atom. The standard InChI is InChI=1S/C15H21NOS/c1-12(13-7-4-3-5-8-13)14-9-6-10-16(2,11-14)15(17)18/h3-5,7-8,12,14H,6,9-11H2,1-2H3/p+1. The lowest BCUT2D eigenvalue weighted by molar-refractivity contribution is -0.833. The quantitative estimate of drug-likeness (QED) is 0.637. The first kappa shape index (κ1) is 13.6. The zero-order valence-corrected chi connectivity index (χ0v) is 12.1. The van der Waals surface area contributed by atoms with Crippen molar-refractivity contribution in [3.8, 4) is 0 Å². The minimum Gasteiger partial charge on any atom is -0.253 e. The van der Waals surface area contributed by atoms with Gasteiger partial charge in [0.1, 0.15) is 0 Å². The number of quaternary nitrogens is 1. The first-order valence-electron chi connectivity index (χ1n) is 6.66. The van der Waals surface area contributed by atoms with Gasteiger partial charge in [-0.1, -0.05) is 37.3 Å². The fourth-order valence-electron chi connectivity index (χ4n) is 3.01. The highest BCUT2D eigenvalue weighted by atomic mass is 32.1. The van der Waals surface area contributed by atoms with Crippen LogP contribution < -0.4 is 0 Å². The molecule has 1 aromatic carbocycles. The lowest BCUT2D eigenvalue weighted by Gasteiger charge is -2.39. The Hall–Kier alpha value is -0.800. The Kier molecular flexibility index (Phi) is 4.13. The number of piperidine rings is 1. The second kappa shape index (κ2) is 5.45. The summed E-state index contributed by atoms with van der Waals surface area (Å²) in [4.78, 5) is 11.7. The van der Waals surface area contributed by atoms with Crippen LogP contribution in [0.1, 0.15) is 31.2 Å². The third kappa shape index (κ3) is 2.78. The van der Waals surface area contributed by atoms with Crippen LogP contribution in [0.3, 0.4) is 0 Å². The van der Waals surface area contributed by atoms with Crippen molar-refractivity contribution < 1.29 is 9.28 Å². The molecule has 98 valence electrons. The Labute approximate surface area is 115 Å². The van der Waals surface area contributed by atoms with Gasteiger partial charge in [0.15, 0.2) is 0 Å². The molecule has 0 aliphatic carbocycles. The molecule has 3 atom stereocenters. The van der Waals surface area contributed by atoms with E-state index in [2.05, 4.69) is 49.9 Å². The van der Waals surface area contributed by atoms with Crippen molar-refractivity contribution in [2.75, 3.05) is 20.1 Å². The first-order chi connectivity index (χ1) is 8.53. The van der Waals surface area contributed by atoms with E-state index in [1.54, 1.807) is 0 Å². The summed E-state index contributed by atoms with van der Waals surface area (Å²) in [5.74, 6) is 1.08. The Balaban J connectivity index is 2.12. The average molecular weight is 264 g/mol. The molecule has 1 aliphatic heterocycles. The van der Waals surface area contributed by atoms with Gasteiger partial charge >= 0.3 is 5.24 Å². The molecule has 1 saturated heterocycles. The fourth-order valence-corrected chi connectivity index (χ4v) is 3.19. The number of nitrogens with zero attached hydrogens (tertiary/aromatic N) is 1. The zero-order valence-electron chi connectivity index (χ0n) is 11.2. The van der Waals surface area contributed by atoms with E-state index in [1.807, 2.05) is 7.05 Å². The van der Waals surface area contributed by atoms with E-state index in [0.717, 1.165) is 19.5 Å². The molecule has 0 aromatic heterocycles. The Morgan fingerprint density at radius 1 is 1.39 bits per heavy atom. The minimum absolute atomic E-state index is 0.0000355. The molecule has 1 fully saturated rings. The monoisotopic (exact) mass is 264 g/mol. The van der Waals surface area contributed by atoms with Crippen LogP contribution in [0.15, 0.2) is 30.3 Å². The van der Waals surface area contributed by atoms with E-state index in [9.17, 15) is 4.79 Å². The number of amides is 1. The molecule has 0 bridgehead atoms. The van der Waals surface area contributed by atoms with Gasteiger partial charge in [-0.05, 0) is 37.0 Å². The van der Waals surface area contributed by atoms with Crippen LogP contribution >= 0.6 is 12.6 Å². The highest BCUT2D eigenvalue weighted by Gasteiger charge is 2.38. The molecule has 0 N–H and O–H groups in total. The van der Waals surface area contributed by atoms with Gasteiger partial charge in [-0.25, -0.2) is 4.79 Å². The fraction of sp³-hybridized carbons (Fsp3) is 0.533. The van der Waals surface area contributed by atoms with Crippen LogP contribution in [0.4, 0.5) is 4.79 Å². The van der Waals surface area contributed by atoms with Crippen molar-refractivity contribution in [2.24, 2.45) is 5.92 Å². The number of thiol groups is 1. The molecule has 2 nitrogen and oxygen atoms in total. The molecule has 0 spiro atoms. The van der Waals surface area contributed by atoms with E-state index in [0.29, 0.717) is 16.3 Å². The van der Waals surface area contributed by atoms with Crippen LogP contribution in [-0.2, 0) is 0 Å². The van der Waals surface area contributed by atoms with Crippen molar-refractivity contribution in [1.29, 1.82) is 0 Å². The van der Waals surface area contributed by atoms with Crippen molar-refractivity contribution in [3.05, 3.63) is 35.9 Å². The largest absolute Gasteiger partial charge is 0.371 e. The molecular weight excluding hydrogens is 242 g/mol. The number of carbonyl (C=O) groups excluding carboxylic acids is 1. The third-order valence-electron chi connectivity index (χ3n) is 4.36. The zero-order chi connectivity index (χ0) is 13.2. The molecular formula is C15H22NOS+. The number of hydrogen-bond donors (Lipinski definition) is 1. The summed E-state index contributed by atoms with van der Waals surface area (Å²) >= 11 is 4.06. The molecule has 1 amide bonds. The molecule has 18 heavy (non-hydrogen) atoms. The summed E-state index contributed by atoms with van der Waals surface area (Å²) in [7, 11) is 2.01. The van der Waals surface area contributed by atoms with Gasteiger partial charge in [0, 0.05) is 5.92 Å². The van der Waals surface area contributed by atoms with Gasteiger partial charge in [-0.15, -0.1) is 0 Å². The summed E-state index contributed by atoms with van der Waals surface area (Å²) < 4.78 is 0.477. The summed E-state index contributed by atoms with van der Waals surface area (Å²) in [6.45, 7) is 4.12. The van der Waals surface area contributed by atoms with Crippen molar-refractivity contribution in [2.45, 2.75) is 25.7 Å². The van der Waals surface area contributed by atoms with E-state index in [4.69, 9.17) is 0 Å². The van der Waals surface area contributed by atoms with E-state index in [-0.39, 0.29) is 5.24 Å². The molecule has 2 rings (SSSR count). The lowest BCUT2D eigenvalue weighted by atomic mass is 9.82. The molecule has 0 radical (unpaired) electrons. The second-order valence-electron chi connectivity index (χ2n) is 5.69. The van der Waals surface area contributed by atoms with Crippen LogP contribution in [0, 0.1) is 5.92 Å². The van der Waals surface area contributed by atoms with Gasteiger partial charge in [-0.2, -0.15) is 0 Å². The molecule has 3 heteroatoms. The van der Waals surface area contributed by atoms with Gasteiger partial charge in [0.05, 0.1) is 20.1 Å². The van der Waals surface area contributed by atoms with Gasteiger partial charge in [-0.3, -0.25) is 4.48 Å². The highest BCUT2D eigenvalue weighted by molar-refractivity contribution is 7.96. The van der Waals surface area contributed by atoms with Crippen molar-refractivity contribution >= 4 is 17.9 Å². The lowest BCUT2D eigenvalue weighted by Crippen LogP contribution is -2.53. The first-order valence-corrected chi connectivity index (χ1v) is 7.10. The second-order valence-corrected chi connectivity index (χ2v) is 6.07. The highest BCUT2D eigenvalue weighted by Crippen LogP contribution is 2.34. The summed E-state index contributed by atoms with van der Waals surface area (Å²) in [6, 6.07) is 10.6. The van der Waals surface area contributed by atoms with Crippen LogP contribution in [0.25, 0.3) is 0 Å². The van der Waals surface area contributed by atoms with Gasteiger partial charge in [0.2, 0.25) is 0 Å². The van der Waals surface area contributed by atoms with Gasteiger partial charge in [0.25, 0.3) is 0 Å². The number of rotatable bonds is 2. The normalized spacial score (nSPS) is 29.8. The van der Waals surface area contributed by atoms with Gasteiger partial charge < -0.3 is 0 Å². The maximum atomic E-state index is 11.7. The Morgan fingerprint density at radius 2 is 2.06 bits per heavy atom. The average Bonchev–Trinajstić information content (AvgIpc) is 2.39. The van der Waals surface area contributed by atoms with E-state index >= 15 is 0 Å². The predicted molar refractivity (Wildman–Crippen MR) is 77.9 cm³/mol. The third-order valence-corrected chi connectivity index (χ3v) is 4.84.